The molecule has 16 nitrogen and oxygen atoms in total. The molecule has 33 heavy (non-hydrogen) atoms. The van der Waals surface area contributed by atoms with Crippen molar-refractivity contribution in [2.75, 3.05) is 13.2 Å². The molecule has 5 unspecified atom stereocenters. The zero-order valence-electron chi connectivity index (χ0n) is 18.1. The average molecular weight is 476 g/mol. The fraction of sp³-hybridized carbons (Fsp3) is 0.647. The lowest BCUT2D eigenvalue weighted by Gasteiger charge is -2.25. The van der Waals surface area contributed by atoms with Crippen LogP contribution in [0.5, 0.6) is 0 Å². The van der Waals surface area contributed by atoms with Crippen LogP contribution in [0.1, 0.15) is 26.2 Å². The third-order valence-electron chi connectivity index (χ3n) is 4.24. The molecular formula is C17H32N8O8. The van der Waals surface area contributed by atoms with Gasteiger partial charge in [0.05, 0.1) is 19.1 Å². The topological polar surface area (TPSA) is 299 Å². The quantitative estimate of drug-likeness (QED) is 0.0602. The van der Waals surface area contributed by atoms with E-state index in [0.717, 1.165) is 0 Å². The Balaban J connectivity index is 5.54. The highest BCUT2D eigenvalue weighted by molar-refractivity contribution is 5.96. The Bertz CT molecular complexity index is 741. The molecular weight excluding hydrogens is 444 g/mol. The van der Waals surface area contributed by atoms with Crippen LogP contribution < -0.4 is 38.9 Å². The van der Waals surface area contributed by atoms with Crippen molar-refractivity contribution in [2.24, 2.45) is 27.9 Å². The van der Waals surface area contributed by atoms with Gasteiger partial charge in [0.2, 0.25) is 23.6 Å². The summed E-state index contributed by atoms with van der Waals surface area (Å²) >= 11 is 0. The second-order valence-corrected chi connectivity index (χ2v) is 7.09. The Morgan fingerprint density at radius 3 is 1.88 bits per heavy atom. The summed E-state index contributed by atoms with van der Waals surface area (Å²) in [5.41, 5.74) is 21.1. The zero-order valence-corrected chi connectivity index (χ0v) is 18.1. The second-order valence-electron chi connectivity index (χ2n) is 7.09. The Hall–Kier alpha value is -3.50. The molecule has 0 bridgehead atoms. The third kappa shape index (κ3) is 11.6. The van der Waals surface area contributed by atoms with Crippen LogP contribution in [-0.4, -0.2) is 94.3 Å². The molecule has 16 heteroatoms. The number of nitrogens with two attached hydrogens (primary N) is 4. The summed E-state index contributed by atoms with van der Waals surface area (Å²) in [7, 11) is 0. The maximum atomic E-state index is 12.8. The van der Waals surface area contributed by atoms with Crippen LogP contribution >= 0.6 is 0 Å². The van der Waals surface area contributed by atoms with Crippen molar-refractivity contribution >= 4 is 35.6 Å². The van der Waals surface area contributed by atoms with E-state index in [0.29, 0.717) is 0 Å². The summed E-state index contributed by atoms with van der Waals surface area (Å²) < 4.78 is 0. The van der Waals surface area contributed by atoms with Crippen molar-refractivity contribution < 1.29 is 39.3 Å². The molecule has 0 radical (unpaired) electrons. The smallest absolute Gasteiger partial charge is 0.328 e. The van der Waals surface area contributed by atoms with E-state index >= 15 is 0 Å². The number of rotatable bonds is 15. The van der Waals surface area contributed by atoms with Gasteiger partial charge in [-0.2, -0.15) is 0 Å². The lowest BCUT2D eigenvalue weighted by atomic mass is 10.1. The van der Waals surface area contributed by atoms with Crippen molar-refractivity contribution in [3.63, 3.8) is 0 Å². The largest absolute Gasteiger partial charge is 0.480 e. The lowest BCUT2D eigenvalue weighted by Crippen LogP contribution is -2.58. The number of aliphatic hydroxyl groups is 2. The van der Waals surface area contributed by atoms with E-state index in [9.17, 15) is 29.1 Å². The van der Waals surface area contributed by atoms with Crippen LogP contribution in [-0.2, 0) is 24.0 Å². The molecule has 0 aliphatic heterocycles. The van der Waals surface area contributed by atoms with Gasteiger partial charge in [0.15, 0.2) is 5.96 Å². The number of carboxylic acid groups (broad SMARTS) is 1. The summed E-state index contributed by atoms with van der Waals surface area (Å²) in [6.45, 7) is 0.427. The SMILES string of the molecule is CC(O)C(N)C(=O)NC(CCCN=C(N)N)C(=O)NC(CC(N)=O)C(=O)NC(CO)C(=O)O. The molecule has 14 N–H and O–H groups in total. The van der Waals surface area contributed by atoms with Crippen molar-refractivity contribution in [2.45, 2.75) is 56.5 Å². The van der Waals surface area contributed by atoms with E-state index < -0.39 is 72.9 Å². The normalized spacial score (nSPS) is 15.2. The standard InChI is InChI=1S/C17H32N8O8/c1-7(27)12(19)15(31)23-8(3-2-4-22-17(20)21)13(29)24-9(5-11(18)28)14(30)25-10(6-26)16(32)33/h7-10,12,26-27H,2-6,19H2,1H3,(H2,18,28)(H,23,31)(H,24,29)(H,25,30)(H,32,33)(H4,20,21,22). The lowest BCUT2D eigenvalue weighted by molar-refractivity contribution is -0.143. The number of nitrogens with one attached hydrogen (secondary N) is 3. The van der Waals surface area contributed by atoms with Crippen molar-refractivity contribution in [3.8, 4) is 0 Å². The molecule has 0 aromatic rings. The molecule has 0 spiro atoms. The third-order valence-corrected chi connectivity index (χ3v) is 4.24. The number of carbonyl (C=O) groups excluding carboxylic acids is 4. The number of nitrogens with zero attached hydrogens (tertiary/aromatic N) is 1. The van der Waals surface area contributed by atoms with Crippen molar-refractivity contribution in [1.82, 2.24) is 16.0 Å². The molecule has 5 atom stereocenters. The molecule has 0 heterocycles. The van der Waals surface area contributed by atoms with Gasteiger partial charge in [-0.3, -0.25) is 24.2 Å². The van der Waals surface area contributed by atoms with Gasteiger partial charge >= 0.3 is 5.97 Å². The number of aliphatic imine (C=N–C) groups is 1. The van der Waals surface area contributed by atoms with Crippen molar-refractivity contribution in [1.29, 1.82) is 0 Å². The van der Waals surface area contributed by atoms with Crippen LogP contribution in [0.3, 0.4) is 0 Å². The monoisotopic (exact) mass is 476 g/mol. The summed E-state index contributed by atoms with van der Waals surface area (Å²) in [5, 5.41) is 34.0. The average Bonchev–Trinajstić information content (AvgIpc) is 2.71. The first kappa shape index (κ1) is 29.5. The highest BCUT2D eigenvalue weighted by Gasteiger charge is 2.31. The van der Waals surface area contributed by atoms with E-state index in [-0.39, 0.29) is 25.3 Å². The molecule has 0 saturated carbocycles. The van der Waals surface area contributed by atoms with Gasteiger partial charge in [-0.1, -0.05) is 0 Å². The maximum absolute atomic E-state index is 12.8. The predicted molar refractivity (Wildman–Crippen MR) is 114 cm³/mol. The van der Waals surface area contributed by atoms with E-state index in [1.165, 1.54) is 6.92 Å². The number of hydrogen-bond acceptors (Lipinski definition) is 9. The molecule has 0 saturated heterocycles. The predicted octanol–water partition coefficient (Wildman–Crippen LogP) is -5.85. The molecule has 0 aromatic heterocycles. The molecule has 188 valence electrons. The van der Waals surface area contributed by atoms with E-state index in [4.69, 9.17) is 33.1 Å². The Kier molecular flexibility index (Phi) is 13.0. The van der Waals surface area contributed by atoms with Gasteiger partial charge in [0, 0.05) is 6.54 Å². The molecule has 0 rings (SSSR count). The summed E-state index contributed by atoms with van der Waals surface area (Å²) in [5.74, 6) is -5.62. The number of hydrogen-bond donors (Lipinski definition) is 10. The van der Waals surface area contributed by atoms with Gasteiger partial charge in [-0.25, -0.2) is 4.79 Å². The Morgan fingerprint density at radius 1 is 0.909 bits per heavy atom. The van der Waals surface area contributed by atoms with E-state index in [1.807, 2.05) is 5.32 Å². The van der Waals surface area contributed by atoms with Gasteiger partial charge < -0.3 is 54.2 Å². The number of guanidine groups is 1. The summed E-state index contributed by atoms with van der Waals surface area (Å²) in [6.07, 6.45) is -1.74. The zero-order chi connectivity index (χ0) is 25.7. The highest BCUT2D eigenvalue weighted by atomic mass is 16.4. The number of carbonyl (C=O) groups is 5. The van der Waals surface area contributed by atoms with E-state index in [2.05, 4.69) is 15.6 Å². The minimum Gasteiger partial charge on any atom is -0.480 e. The molecule has 0 aliphatic rings. The Morgan fingerprint density at radius 2 is 1.42 bits per heavy atom. The van der Waals surface area contributed by atoms with Crippen molar-refractivity contribution in [3.05, 3.63) is 0 Å². The van der Waals surface area contributed by atoms with Crippen LogP contribution in [0, 0.1) is 0 Å². The Labute approximate surface area is 189 Å². The van der Waals surface area contributed by atoms with E-state index in [1.54, 1.807) is 0 Å². The van der Waals surface area contributed by atoms with Gasteiger partial charge in [-0.15, -0.1) is 0 Å². The van der Waals surface area contributed by atoms with Gasteiger partial charge in [0.1, 0.15) is 24.2 Å². The summed E-state index contributed by atoms with van der Waals surface area (Å²) in [4.78, 5) is 63.5. The first-order valence-electron chi connectivity index (χ1n) is 9.82. The second kappa shape index (κ2) is 14.5. The first-order valence-corrected chi connectivity index (χ1v) is 9.82. The van der Waals surface area contributed by atoms with Crippen LogP contribution in [0.15, 0.2) is 4.99 Å². The molecule has 4 amide bonds. The van der Waals surface area contributed by atoms with Gasteiger partial charge in [-0.05, 0) is 19.8 Å². The minimum atomic E-state index is -1.69. The van der Waals surface area contributed by atoms with Crippen LogP contribution in [0.2, 0.25) is 0 Å². The number of carboxylic acids is 1. The first-order chi connectivity index (χ1) is 15.3. The fourth-order valence-electron chi connectivity index (χ4n) is 2.40. The number of aliphatic carboxylic acids is 1. The minimum absolute atomic E-state index is 0.0276. The maximum Gasteiger partial charge on any atom is 0.328 e. The van der Waals surface area contributed by atoms with Crippen LogP contribution in [0.4, 0.5) is 0 Å². The molecule has 0 aliphatic carbocycles. The summed E-state index contributed by atoms with van der Waals surface area (Å²) in [6, 6.07) is -5.94. The number of aliphatic hydroxyl groups excluding tert-OH is 2. The van der Waals surface area contributed by atoms with Crippen LogP contribution in [0.25, 0.3) is 0 Å². The van der Waals surface area contributed by atoms with Gasteiger partial charge in [0.25, 0.3) is 0 Å². The fourth-order valence-corrected chi connectivity index (χ4v) is 2.40. The molecule has 0 aromatic carbocycles. The number of primary amides is 1. The highest BCUT2D eigenvalue weighted by Crippen LogP contribution is 2.03. The molecule has 0 fully saturated rings. The number of amides is 4.